The van der Waals surface area contributed by atoms with E-state index in [0.29, 0.717) is 5.69 Å². The minimum absolute atomic E-state index is 0.0751. The molecule has 0 aliphatic carbocycles. The smallest absolute Gasteiger partial charge is 0.270 e. The lowest BCUT2D eigenvalue weighted by molar-refractivity contribution is -0.132. The number of anilines is 2. The molecule has 0 spiro atoms. The average molecular weight is 435 g/mol. The first-order valence-corrected chi connectivity index (χ1v) is 9.41. The molecular formula is C22H24F3N3O3. The van der Waals surface area contributed by atoms with Crippen molar-refractivity contribution in [2.45, 2.75) is 40.0 Å². The van der Waals surface area contributed by atoms with E-state index in [-0.39, 0.29) is 22.7 Å². The van der Waals surface area contributed by atoms with E-state index in [1.807, 2.05) is 0 Å². The van der Waals surface area contributed by atoms with Crippen molar-refractivity contribution in [3.05, 3.63) is 54.1 Å². The van der Waals surface area contributed by atoms with Crippen LogP contribution >= 0.6 is 0 Å². The van der Waals surface area contributed by atoms with Crippen molar-refractivity contribution < 1.29 is 27.5 Å². The summed E-state index contributed by atoms with van der Waals surface area (Å²) in [4.78, 5) is 25.8. The summed E-state index contributed by atoms with van der Waals surface area (Å²) in [6.07, 6.45) is -1.50. The van der Waals surface area contributed by atoms with Crippen molar-refractivity contribution in [1.29, 1.82) is 5.41 Å². The van der Waals surface area contributed by atoms with Crippen LogP contribution in [0.25, 0.3) is 0 Å². The molecule has 0 aliphatic heterocycles. The Kier molecular flexibility index (Phi) is 7.09. The molecule has 0 aromatic heterocycles. The molecule has 2 atom stereocenters. The van der Waals surface area contributed by atoms with Crippen LogP contribution in [0.15, 0.2) is 48.5 Å². The van der Waals surface area contributed by atoms with Crippen molar-refractivity contribution in [3.8, 4) is 5.75 Å². The molecule has 3 N–H and O–H groups in total. The molecule has 166 valence electrons. The fraction of sp³-hybridized carbons (Fsp3) is 0.318. The molecule has 2 aromatic carbocycles. The Balaban J connectivity index is 2.21. The standard InChI is InChI=1S/C22H24F3N3O3/c1-13(26)21(3,19(29)27-16-8-10-18(11-9-16)31-14(2)23)20(30)28-17-7-5-6-15(12-17)22(4,24)25/h5-12,14,26H,1-4H3,(H,27,29)(H,28,30). The third kappa shape index (κ3) is 5.84. The second kappa shape index (κ2) is 9.20. The molecule has 0 saturated heterocycles. The van der Waals surface area contributed by atoms with Gasteiger partial charge in [0.05, 0.1) is 0 Å². The van der Waals surface area contributed by atoms with E-state index in [4.69, 9.17) is 10.1 Å². The highest BCUT2D eigenvalue weighted by Crippen LogP contribution is 2.30. The van der Waals surface area contributed by atoms with Gasteiger partial charge in [0.1, 0.15) is 5.75 Å². The summed E-state index contributed by atoms with van der Waals surface area (Å²) in [5.74, 6) is -4.49. The number of carbonyl (C=O) groups is 2. The molecule has 31 heavy (non-hydrogen) atoms. The zero-order valence-electron chi connectivity index (χ0n) is 17.6. The Morgan fingerprint density at radius 1 is 1.00 bits per heavy atom. The zero-order valence-corrected chi connectivity index (χ0v) is 17.6. The average Bonchev–Trinajstić information content (AvgIpc) is 2.67. The van der Waals surface area contributed by atoms with E-state index in [2.05, 4.69) is 10.6 Å². The van der Waals surface area contributed by atoms with Crippen molar-refractivity contribution in [3.63, 3.8) is 0 Å². The molecular weight excluding hydrogens is 411 g/mol. The van der Waals surface area contributed by atoms with E-state index < -0.39 is 29.5 Å². The molecule has 0 aliphatic rings. The number of ether oxygens (including phenoxy) is 1. The maximum Gasteiger partial charge on any atom is 0.270 e. The first kappa shape index (κ1) is 23.9. The Bertz CT molecular complexity index is 972. The summed E-state index contributed by atoms with van der Waals surface area (Å²) >= 11 is 0. The fourth-order valence-electron chi connectivity index (χ4n) is 2.63. The van der Waals surface area contributed by atoms with Crippen molar-refractivity contribution in [1.82, 2.24) is 0 Å². The van der Waals surface area contributed by atoms with Crippen LogP contribution in [0.2, 0.25) is 0 Å². The maximum atomic E-state index is 13.6. The predicted octanol–water partition coefficient (Wildman–Crippen LogP) is 5.12. The minimum Gasteiger partial charge on any atom is -0.461 e. The largest absolute Gasteiger partial charge is 0.461 e. The highest BCUT2D eigenvalue weighted by molar-refractivity contribution is 6.28. The van der Waals surface area contributed by atoms with Crippen LogP contribution in [-0.2, 0) is 15.5 Å². The van der Waals surface area contributed by atoms with E-state index in [1.165, 1.54) is 63.2 Å². The second-order valence-corrected chi connectivity index (χ2v) is 7.31. The van der Waals surface area contributed by atoms with Gasteiger partial charge in [0.15, 0.2) is 5.41 Å². The Morgan fingerprint density at radius 2 is 1.55 bits per heavy atom. The van der Waals surface area contributed by atoms with Crippen LogP contribution in [0.3, 0.4) is 0 Å². The number of amides is 2. The number of halogens is 3. The monoisotopic (exact) mass is 435 g/mol. The highest BCUT2D eigenvalue weighted by Gasteiger charge is 2.43. The van der Waals surface area contributed by atoms with Crippen LogP contribution in [0.5, 0.6) is 5.75 Å². The molecule has 9 heteroatoms. The van der Waals surface area contributed by atoms with Gasteiger partial charge in [-0.2, -0.15) is 0 Å². The summed E-state index contributed by atoms with van der Waals surface area (Å²) in [6.45, 7) is 4.53. The fourth-order valence-corrected chi connectivity index (χ4v) is 2.63. The summed E-state index contributed by atoms with van der Waals surface area (Å²) in [6, 6.07) is 10.9. The van der Waals surface area contributed by atoms with Gasteiger partial charge in [0, 0.05) is 36.5 Å². The third-order valence-corrected chi connectivity index (χ3v) is 4.70. The van der Waals surface area contributed by atoms with Crippen LogP contribution in [-0.4, -0.2) is 23.9 Å². The molecule has 0 radical (unpaired) electrons. The number of nitrogens with one attached hydrogen (secondary N) is 3. The van der Waals surface area contributed by atoms with Crippen LogP contribution in [0.4, 0.5) is 24.5 Å². The molecule has 2 amide bonds. The molecule has 2 aromatic rings. The molecule has 0 bridgehead atoms. The topological polar surface area (TPSA) is 91.3 Å². The number of hydrogen-bond donors (Lipinski definition) is 3. The van der Waals surface area contributed by atoms with E-state index in [1.54, 1.807) is 0 Å². The lowest BCUT2D eigenvalue weighted by Gasteiger charge is -2.26. The maximum absolute atomic E-state index is 13.6. The van der Waals surface area contributed by atoms with Gasteiger partial charge in [-0.05, 0) is 50.2 Å². The Hall–Kier alpha value is -3.36. The molecule has 6 nitrogen and oxygen atoms in total. The number of hydrogen-bond acceptors (Lipinski definition) is 4. The van der Waals surface area contributed by atoms with E-state index >= 15 is 0 Å². The number of rotatable bonds is 8. The van der Waals surface area contributed by atoms with Gasteiger partial charge in [0.2, 0.25) is 18.2 Å². The normalized spacial score (nSPS) is 14.2. The second-order valence-electron chi connectivity index (χ2n) is 7.31. The van der Waals surface area contributed by atoms with E-state index in [0.717, 1.165) is 13.0 Å². The predicted molar refractivity (Wildman–Crippen MR) is 112 cm³/mol. The number of carbonyl (C=O) groups excluding carboxylic acids is 2. The lowest BCUT2D eigenvalue weighted by atomic mass is 9.83. The highest BCUT2D eigenvalue weighted by atomic mass is 19.3. The van der Waals surface area contributed by atoms with Crippen molar-refractivity contribution >= 4 is 28.9 Å². The summed E-state index contributed by atoms with van der Waals surface area (Å²) in [5.41, 5.74) is -2.07. The Labute approximate surface area is 178 Å². The number of benzene rings is 2. The van der Waals surface area contributed by atoms with Crippen molar-refractivity contribution in [2.75, 3.05) is 10.6 Å². The molecule has 2 rings (SSSR count). The minimum atomic E-state index is -3.10. The first-order valence-electron chi connectivity index (χ1n) is 9.41. The number of alkyl halides is 3. The van der Waals surface area contributed by atoms with Crippen molar-refractivity contribution in [2.24, 2.45) is 5.41 Å². The van der Waals surface area contributed by atoms with Gasteiger partial charge in [-0.3, -0.25) is 9.59 Å². The molecule has 0 saturated carbocycles. The van der Waals surface area contributed by atoms with Crippen LogP contribution < -0.4 is 15.4 Å². The van der Waals surface area contributed by atoms with Gasteiger partial charge in [-0.15, -0.1) is 0 Å². The van der Waals surface area contributed by atoms with Gasteiger partial charge in [-0.25, -0.2) is 13.2 Å². The van der Waals surface area contributed by atoms with Gasteiger partial charge >= 0.3 is 0 Å². The summed E-state index contributed by atoms with van der Waals surface area (Å²) in [7, 11) is 0. The molecule has 0 fully saturated rings. The molecule has 0 heterocycles. The van der Waals surface area contributed by atoms with E-state index in [9.17, 15) is 22.8 Å². The summed E-state index contributed by atoms with van der Waals surface area (Å²) < 4.78 is 44.9. The molecule has 2 unspecified atom stereocenters. The van der Waals surface area contributed by atoms with Gasteiger partial charge in [-0.1, -0.05) is 12.1 Å². The Morgan fingerprint density at radius 3 is 2.03 bits per heavy atom. The van der Waals surface area contributed by atoms with Crippen LogP contribution in [0.1, 0.15) is 33.3 Å². The zero-order chi connectivity index (χ0) is 23.4. The lowest BCUT2D eigenvalue weighted by Crippen LogP contribution is -2.48. The SMILES string of the molecule is CC(=N)C(C)(C(=O)Nc1ccc(OC(C)F)cc1)C(=O)Nc1cccc(C(C)(F)F)c1. The van der Waals surface area contributed by atoms with Gasteiger partial charge < -0.3 is 20.8 Å². The quantitative estimate of drug-likeness (QED) is 0.397. The van der Waals surface area contributed by atoms with Gasteiger partial charge in [0.25, 0.3) is 5.92 Å². The van der Waals surface area contributed by atoms with Crippen LogP contribution in [0, 0.1) is 10.8 Å². The first-order chi connectivity index (χ1) is 14.3. The third-order valence-electron chi connectivity index (χ3n) is 4.70. The summed E-state index contributed by atoms with van der Waals surface area (Å²) in [5, 5.41) is 13.0.